The highest BCUT2D eigenvalue weighted by Crippen LogP contribution is 2.20. The molecule has 1 fully saturated rings. The molecule has 28 heavy (non-hydrogen) atoms. The van der Waals surface area contributed by atoms with E-state index in [9.17, 15) is 9.18 Å². The summed E-state index contributed by atoms with van der Waals surface area (Å²) in [6.07, 6.45) is 2.07. The van der Waals surface area contributed by atoms with Crippen molar-refractivity contribution in [1.82, 2.24) is 19.2 Å². The monoisotopic (exact) mass is 444 g/mol. The molecule has 0 aliphatic carbocycles. The van der Waals surface area contributed by atoms with Gasteiger partial charge in [0, 0.05) is 43.4 Å². The van der Waals surface area contributed by atoms with E-state index in [2.05, 4.69) is 55.5 Å². The van der Waals surface area contributed by atoms with E-state index in [0.29, 0.717) is 17.6 Å². The normalized spacial score (nSPS) is 15.4. The summed E-state index contributed by atoms with van der Waals surface area (Å²) in [7, 11) is 0. The van der Waals surface area contributed by atoms with Crippen molar-refractivity contribution >= 4 is 27.5 Å². The van der Waals surface area contributed by atoms with Gasteiger partial charge in [-0.15, -0.1) is 0 Å². The number of nitrogens with zero attached hydrogens (tertiary/aromatic N) is 4. The average molecular weight is 445 g/mol. The molecule has 1 aliphatic heterocycles. The summed E-state index contributed by atoms with van der Waals surface area (Å²) in [5.74, 6) is -0.729. The lowest BCUT2D eigenvalue weighted by atomic mass is 10.1. The first kappa shape index (κ1) is 19.1. The third-order valence-electron chi connectivity index (χ3n) is 5.27. The molecule has 0 saturated carbocycles. The summed E-state index contributed by atoms with van der Waals surface area (Å²) in [5, 5.41) is 0. The maximum atomic E-state index is 14.0. The SMILES string of the molecule is Cc1ccn2c(CN3CCN(C(=O)c4cc(Br)ccc4F)CC3)c(C)nc2c1. The number of fused-ring (bicyclic) bond motifs is 1. The van der Waals surface area contributed by atoms with Gasteiger partial charge < -0.3 is 9.30 Å². The van der Waals surface area contributed by atoms with E-state index in [1.165, 1.54) is 17.3 Å². The first-order valence-electron chi connectivity index (χ1n) is 9.33. The van der Waals surface area contributed by atoms with Crippen LogP contribution in [0.15, 0.2) is 41.0 Å². The Kier molecular flexibility index (Phi) is 5.21. The van der Waals surface area contributed by atoms with E-state index in [1.807, 2.05) is 6.92 Å². The molecular weight excluding hydrogens is 423 g/mol. The highest BCUT2D eigenvalue weighted by atomic mass is 79.9. The fourth-order valence-corrected chi connectivity index (χ4v) is 4.02. The molecule has 7 heteroatoms. The number of rotatable bonds is 3. The van der Waals surface area contributed by atoms with Crippen LogP contribution in [-0.4, -0.2) is 51.3 Å². The number of hydrogen-bond acceptors (Lipinski definition) is 3. The number of pyridine rings is 1. The number of imidazole rings is 1. The second kappa shape index (κ2) is 7.64. The van der Waals surface area contributed by atoms with Crippen molar-refractivity contribution in [3.63, 3.8) is 0 Å². The molecule has 1 saturated heterocycles. The van der Waals surface area contributed by atoms with Crippen LogP contribution >= 0.6 is 15.9 Å². The van der Waals surface area contributed by atoms with Crippen LogP contribution in [0, 0.1) is 19.7 Å². The van der Waals surface area contributed by atoms with Crippen LogP contribution in [0.2, 0.25) is 0 Å². The first-order chi connectivity index (χ1) is 13.4. The van der Waals surface area contributed by atoms with Gasteiger partial charge in [-0.25, -0.2) is 9.37 Å². The van der Waals surface area contributed by atoms with Gasteiger partial charge >= 0.3 is 0 Å². The minimum Gasteiger partial charge on any atom is -0.336 e. The molecular formula is C21H22BrFN4O. The average Bonchev–Trinajstić information content (AvgIpc) is 2.98. The van der Waals surface area contributed by atoms with E-state index < -0.39 is 5.82 Å². The van der Waals surface area contributed by atoms with Gasteiger partial charge in [-0.3, -0.25) is 9.69 Å². The second-order valence-electron chi connectivity index (χ2n) is 7.27. The van der Waals surface area contributed by atoms with Crippen LogP contribution in [0.5, 0.6) is 0 Å². The lowest BCUT2D eigenvalue weighted by Crippen LogP contribution is -2.48. The summed E-state index contributed by atoms with van der Waals surface area (Å²) in [4.78, 5) is 21.4. The van der Waals surface area contributed by atoms with E-state index in [1.54, 1.807) is 17.0 Å². The molecule has 0 bridgehead atoms. The van der Waals surface area contributed by atoms with Gasteiger partial charge in [-0.05, 0) is 49.7 Å². The number of amides is 1. The highest BCUT2D eigenvalue weighted by Gasteiger charge is 2.25. The third-order valence-corrected chi connectivity index (χ3v) is 5.77. The molecule has 1 aliphatic rings. The van der Waals surface area contributed by atoms with Crippen molar-refractivity contribution in [3.05, 3.63) is 69.3 Å². The predicted octanol–water partition coefficient (Wildman–Crippen LogP) is 3.81. The summed E-state index contributed by atoms with van der Waals surface area (Å²) >= 11 is 3.31. The number of hydrogen-bond donors (Lipinski definition) is 0. The van der Waals surface area contributed by atoms with Crippen LogP contribution in [0.1, 0.15) is 27.3 Å². The van der Waals surface area contributed by atoms with Crippen molar-refractivity contribution in [1.29, 1.82) is 0 Å². The number of benzene rings is 1. The zero-order valence-electron chi connectivity index (χ0n) is 16.0. The molecule has 5 nitrogen and oxygen atoms in total. The summed E-state index contributed by atoms with van der Waals surface area (Å²) in [6, 6.07) is 8.64. The van der Waals surface area contributed by atoms with Crippen LogP contribution in [0.4, 0.5) is 4.39 Å². The Labute approximate surface area is 171 Å². The van der Waals surface area contributed by atoms with Crippen molar-refractivity contribution in [2.75, 3.05) is 26.2 Å². The molecule has 3 heterocycles. The van der Waals surface area contributed by atoms with Gasteiger partial charge in [0.1, 0.15) is 11.5 Å². The van der Waals surface area contributed by atoms with E-state index >= 15 is 0 Å². The summed E-state index contributed by atoms with van der Waals surface area (Å²) < 4.78 is 16.9. The Bertz CT molecular complexity index is 1040. The van der Waals surface area contributed by atoms with Crippen molar-refractivity contribution in [2.45, 2.75) is 20.4 Å². The Morgan fingerprint density at radius 1 is 1.14 bits per heavy atom. The van der Waals surface area contributed by atoms with Crippen LogP contribution in [0.3, 0.4) is 0 Å². The number of aromatic nitrogens is 2. The number of aryl methyl sites for hydroxylation is 2. The zero-order valence-corrected chi connectivity index (χ0v) is 17.5. The van der Waals surface area contributed by atoms with Gasteiger partial charge in [-0.2, -0.15) is 0 Å². The zero-order chi connectivity index (χ0) is 19.8. The largest absolute Gasteiger partial charge is 0.336 e. The third kappa shape index (κ3) is 3.69. The van der Waals surface area contributed by atoms with Gasteiger partial charge in [0.15, 0.2) is 0 Å². The number of halogens is 2. The minimum atomic E-state index is -0.479. The fourth-order valence-electron chi connectivity index (χ4n) is 3.66. The second-order valence-corrected chi connectivity index (χ2v) is 8.18. The molecule has 4 rings (SSSR count). The standard InChI is InChI=1S/C21H22BrFN4O/c1-14-5-6-27-19(15(2)24-20(27)11-14)13-25-7-9-26(10-8-25)21(28)17-12-16(22)3-4-18(17)23/h3-6,11-12H,7-10,13H2,1-2H3. The quantitative estimate of drug-likeness (QED) is 0.616. The molecule has 0 atom stereocenters. The maximum Gasteiger partial charge on any atom is 0.256 e. The lowest BCUT2D eigenvalue weighted by molar-refractivity contribution is 0.0622. The Hall–Kier alpha value is -2.25. The van der Waals surface area contributed by atoms with Crippen LogP contribution in [-0.2, 0) is 6.54 Å². The molecule has 146 valence electrons. The fraction of sp³-hybridized carbons (Fsp3) is 0.333. The molecule has 0 spiro atoms. The Morgan fingerprint density at radius 3 is 2.64 bits per heavy atom. The van der Waals surface area contributed by atoms with Crippen molar-refractivity contribution < 1.29 is 9.18 Å². The molecule has 1 amide bonds. The van der Waals surface area contributed by atoms with Gasteiger partial charge in [0.05, 0.1) is 17.0 Å². The molecule has 3 aromatic rings. The Balaban J connectivity index is 1.44. The first-order valence-corrected chi connectivity index (χ1v) is 10.1. The molecule has 0 N–H and O–H groups in total. The predicted molar refractivity (Wildman–Crippen MR) is 110 cm³/mol. The number of piperazine rings is 1. The van der Waals surface area contributed by atoms with Crippen molar-refractivity contribution in [3.8, 4) is 0 Å². The Morgan fingerprint density at radius 2 is 1.89 bits per heavy atom. The van der Waals surface area contributed by atoms with E-state index in [-0.39, 0.29) is 11.5 Å². The van der Waals surface area contributed by atoms with Gasteiger partial charge in [0.2, 0.25) is 0 Å². The van der Waals surface area contributed by atoms with Gasteiger partial charge in [0.25, 0.3) is 5.91 Å². The molecule has 1 aromatic carbocycles. The van der Waals surface area contributed by atoms with Gasteiger partial charge in [-0.1, -0.05) is 15.9 Å². The number of carbonyl (C=O) groups excluding carboxylic acids is 1. The van der Waals surface area contributed by atoms with Crippen LogP contribution in [0.25, 0.3) is 5.65 Å². The summed E-state index contributed by atoms with van der Waals surface area (Å²) in [6.45, 7) is 7.55. The lowest BCUT2D eigenvalue weighted by Gasteiger charge is -2.34. The minimum absolute atomic E-state index is 0.121. The summed E-state index contributed by atoms with van der Waals surface area (Å²) in [5.41, 5.74) is 4.48. The van der Waals surface area contributed by atoms with Crippen LogP contribution < -0.4 is 0 Å². The highest BCUT2D eigenvalue weighted by molar-refractivity contribution is 9.10. The topological polar surface area (TPSA) is 40.9 Å². The molecule has 2 aromatic heterocycles. The van der Waals surface area contributed by atoms with E-state index in [4.69, 9.17) is 0 Å². The van der Waals surface area contributed by atoms with Crippen molar-refractivity contribution in [2.24, 2.45) is 0 Å². The molecule has 0 radical (unpaired) electrons. The number of carbonyl (C=O) groups is 1. The molecule has 0 unspecified atom stereocenters. The maximum absolute atomic E-state index is 14.0. The smallest absolute Gasteiger partial charge is 0.256 e. The van der Waals surface area contributed by atoms with E-state index in [0.717, 1.165) is 31.0 Å².